The third-order valence-corrected chi connectivity index (χ3v) is 6.78. The standard InChI is InChI=1S/C25H28FN7O4/c1-12-22-19(32-25(27)29-12)10-18(31-23(22)33-37-14-9-20(24(34)35)28-11-14)15-7-6-13(26)8-16(15)17-4-3-5-21(30-17)36-2/h3-8,14,18-20,22,28H,9-11H2,1-2H3,(H2,27,32)(H,31,33)(H,34,35)/t14?,18?,19-,20?,22?/m1/s1. The first-order chi connectivity index (χ1) is 17.8. The van der Waals surface area contributed by atoms with Gasteiger partial charge in [0, 0.05) is 30.3 Å². The van der Waals surface area contributed by atoms with Crippen LogP contribution in [0.4, 0.5) is 4.39 Å². The number of fused-ring (bicyclic) bond motifs is 1. The zero-order valence-corrected chi connectivity index (χ0v) is 20.4. The second-order valence-electron chi connectivity index (χ2n) is 9.22. The zero-order valence-electron chi connectivity index (χ0n) is 20.4. The highest BCUT2D eigenvalue weighted by Crippen LogP contribution is 2.39. The van der Waals surface area contributed by atoms with Crippen molar-refractivity contribution < 1.29 is 23.9 Å². The largest absolute Gasteiger partial charge is 0.481 e. The summed E-state index contributed by atoms with van der Waals surface area (Å²) in [4.78, 5) is 35.5. The van der Waals surface area contributed by atoms with E-state index in [2.05, 4.69) is 25.8 Å². The van der Waals surface area contributed by atoms with E-state index in [4.69, 9.17) is 20.3 Å². The first-order valence-corrected chi connectivity index (χ1v) is 12.0. The van der Waals surface area contributed by atoms with Crippen LogP contribution in [0.1, 0.15) is 31.4 Å². The molecule has 5 rings (SSSR count). The van der Waals surface area contributed by atoms with Crippen molar-refractivity contribution in [2.75, 3.05) is 13.7 Å². The molecule has 3 aliphatic rings. The molecule has 2 aromatic rings. The van der Waals surface area contributed by atoms with E-state index in [1.165, 1.54) is 19.2 Å². The van der Waals surface area contributed by atoms with Gasteiger partial charge in [-0.05, 0) is 37.1 Å². The first kappa shape index (κ1) is 24.8. The number of pyridine rings is 1. The number of rotatable bonds is 6. The zero-order chi connectivity index (χ0) is 26.1. The molecule has 0 amide bonds. The number of aliphatic imine (C=N–C) groups is 3. The maximum absolute atomic E-state index is 14.4. The minimum absolute atomic E-state index is 0.192. The minimum Gasteiger partial charge on any atom is -0.481 e. The van der Waals surface area contributed by atoms with Gasteiger partial charge >= 0.3 is 5.97 Å². The van der Waals surface area contributed by atoms with E-state index in [1.54, 1.807) is 24.3 Å². The molecule has 0 radical (unpaired) electrons. The molecule has 1 aromatic heterocycles. The SMILES string of the molecule is COc1cccc(-c2cc(F)ccc2C2C[C@H]3N=C(N)N=C(C)C3C(NOC3CNC(C(=O)O)C3)=N2)n1. The fourth-order valence-electron chi connectivity index (χ4n) is 5.03. The van der Waals surface area contributed by atoms with Crippen molar-refractivity contribution >= 4 is 23.5 Å². The summed E-state index contributed by atoms with van der Waals surface area (Å²) in [7, 11) is 1.52. The number of carboxylic acids is 1. The van der Waals surface area contributed by atoms with Crippen LogP contribution in [0.3, 0.4) is 0 Å². The van der Waals surface area contributed by atoms with Gasteiger partial charge in [0.25, 0.3) is 0 Å². The lowest BCUT2D eigenvalue weighted by Gasteiger charge is -2.36. The number of carbonyl (C=O) groups is 1. The van der Waals surface area contributed by atoms with Crippen LogP contribution in [0.25, 0.3) is 11.3 Å². The molecule has 5 atom stereocenters. The third-order valence-electron chi connectivity index (χ3n) is 6.78. The van der Waals surface area contributed by atoms with E-state index in [1.807, 2.05) is 6.92 Å². The van der Waals surface area contributed by atoms with Crippen molar-refractivity contribution in [3.63, 3.8) is 0 Å². The van der Waals surface area contributed by atoms with Gasteiger partial charge < -0.3 is 20.9 Å². The van der Waals surface area contributed by atoms with E-state index >= 15 is 0 Å². The molecule has 5 N–H and O–H groups in total. The quantitative estimate of drug-likeness (QED) is 0.430. The van der Waals surface area contributed by atoms with Gasteiger partial charge in [0.05, 0.1) is 36.9 Å². The molecule has 0 saturated carbocycles. The molecule has 11 nitrogen and oxygen atoms in total. The van der Waals surface area contributed by atoms with Crippen molar-refractivity contribution in [3.05, 3.63) is 47.8 Å². The molecule has 0 bridgehead atoms. The van der Waals surface area contributed by atoms with Gasteiger partial charge in [0.2, 0.25) is 11.8 Å². The van der Waals surface area contributed by atoms with E-state index in [0.717, 1.165) is 11.3 Å². The van der Waals surface area contributed by atoms with E-state index in [-0.39, 0.29) is 24.0 Å². The molecule has 1 aromatic carbocycles. The smallest absolute Gasteiger partial charge is 0.320 e. The Morgan fingerprint density at radius 3 is 2.84 bits per heavy atom. The average molecular weight is 510 g/mol. The molecule has 4 heterocycles. The van der Waals surface area contributed by atoms with Crippen LogP contribution in [0.15, 0.2) is 51.4 Å². The van der Waals surface area contributed by atoms with Crippen LogP contribution >= 0.6 is 0 Å². The Morgan fingerprint density at radius 1 is 1.24 bits per heavy atom. The number of methoxy groups -OCH3 is 1. The van der Waals surface area contributed by atoms with Crippen molar-refractivity contribution in [2.45, 2.75) is 44.0 Å². The monoisotopic (exact) mass is 509 g/mol. The number of hydroxylamine groups is 1. The Bertz CT molecular complexity index is 1300. The van der Waals surface area contributed by atoms with Crippen LogP contribution in [0.2, 0.25) is 0 Å². The van der Waals surface area contributed by atoms with Gasteiger partial charge in [0.1, 0.15) is 17.7 Å². The molecule has 1 fully saturated rings. The predicted octanol–water partition coefficient (Wildman–Crippen LogP) is 1.85. The summed E-state index contributed by atoms with van der Waals surface area (Å²) >= 11 is 0. The topological polar surface area (TPSA) is 156 Å². The number of nitrogens with zero attached hydrogens (tertiary/aromatic N) is 4. The van der Waals surface area contributed by atoms with E-state index in [0.29, 0.717) is 42.4 Å². The van der Waals surface area contributed by atoms with Crippen LogP contribution in [0, 0.1) is 11.7 Å². The van der Waals surface area contributed by atoms with Crippen LogP contribution in [-0.4, -0.2) is 65.4 Å². The highest BCUT2D eigenvalue weighted by molar-refractivity contribution is 6.11. The number of nitrogens with one attached hydrogen (secondary N) is 2. The summed E-state index contributed by atoms with van der Waals surface area (Å²) in [6, 6.07) is 8.49. The lowest BCUT2D eigenvalue weighted by Crippen LogP contribution is -2.48. The van der Waals surface area contributed by atoms with Gasteiger partial charge in [-0.3, -0.25) is 20.1 Å². The number of carboxylic acid groups (broad SMARTS) is 1. The third kappa shape index (κ3) is 5.16. The van der Waals surface area contributed by atoms with E-state index in [9.17, 15) is 14.3 Å². The number of nitrogens with two attached hydrogens (primary N) is 1. The van der Waals surface area contributed by atoms with Crippen molar-refractivity contribution in [1.82, 2.24) is 15.8 Å². The molecule has 0 aliphatic carbocycles. The molecule has 194 valence electrons. The first-order valence-electron chi connectivity index (χ1n) is 12.0. The van der Waals surface area contributed by atoms with Crippen LogP contribution < -0.4 is 21.3 Å². The van der Waals surface area contributed by atoms with Crippen molar-refractivity contribution in [2.24, 2.45) is 26.6 Å². The molecule has 3 aliphatic heterocycles. The maximum Gasteiger partial charge on any atom is 0.320 e. The number of benzene rings is 1. The predicted molar refractivity (Wildman–Crippen MR) is 135 cm³/mol. The van der Waals surface area contributed by atoms with Gasteiger partial charge in [-0.25, -0.2) is 19.4 Å². The summed E-state index contributed by atoms with van der Waals surface area (Å²) in [6.45, 7) is 2.24. The summed E-state index contributed by atoms with van der Waals surface area (Å²) in [5.41, 5.74) is 11.6. The molecule has 4 unspecified atom stereocenters. The molecular weight excluding hydrogens is 481 g/mol. The summed E-state index contributed by atoms with van der Waals surface area (Å²) < 4.78 is 19.6. The van der Waals surface area contributed by atoms with Crippen LogP contribution in [-0.2, 0) is 9.63 Å². The molecule has 12 heteroatoms. The normalized spacial score (nSPS) is 27.0. The Hall–Kier alpha value is -3.90. The van der Waals surface area contributed by atoms with Gasteiger partial charge in [-0.1, -0.05) is 12.1 Å². The number of guanidine groups is 1. The Morgan fingerprint density at radius 2 is 2.08 bits per heavy atom. The summed E-state index contributed by atoms with van der Waals surface area (Å²) in [5, 5.41) is 12.2. The number of hydrogen-bond acceptors (Lipinski definition) is 10. The number of hydrogen-bond donors (Lipinski definition) is 4. The fourth-order valence-corrected chi connectivity index (χ4v) is 5.03. The van der Waals surface area contributed by atoms with Gasteiger partial charge in [-0.15, -0.1) is 0 Å². The Kier molecular flexibility index (Phi) is 6.85. The lowest BCUT2D eigenvalue weighted by molar-refractivity contribution is -0.139. The van der Waals surface area contributed by atoms with Crippen molar-refractivity contribution in [3.8, 4) is 17.1 Å². The maximum atomic E-state index is 14.4. The number of aromatic nitrogens is 1. The minimum atomic E-state index is -0.920. The second-order valence-corrected chi connectivity index (χ2v) is 9.22. The summed E-state index contributed by atoms with van der Waals surface area (Å²) in [6.07, 6.45) is 0.465. The highest BCUT2D eigenvalue weighted by Gasteiger charge is 2.40. The number of ether oxygens (including phenoxy) is 1. The van der Waals surface area contributed by atoms with Crippen LogP contribution in [0.5, 0.6) is 5.88 Å². The van der Waals surface area contributed by atoms with Crippen molar-refractivity contribution in [1.29, 1.82) is 0 Å². The molecule has 1 saturated heterocycles. The number of halogens is 1. The summed E-state index contributed by atoms with van der Waals surface area (Å²) in [5.74, 6) is -0.489. The number of amidine groups is 1. The van der Waals surface area contributed by atoms with Gasteiger partial charge in [0.15, 0.2) is 0 Å². The molecular formula is C25H28FN7O4. The fraction of sp³-hybridized carbons (Fsp3) is 0.400. The highest BCUT2D eigenvalue weighted by atomic mass is 19.1. The van der Waals surface area contributed by atoms with Gasteiger partial charge in [-0.2, -0.15) is 0 Å². The Labute approximate surface area is 212 Å². The average Bonchev–Trinajstić information content (AvgIpc) is 3.36. The lowest BCUT2D eigenvalue weighted by atomic mass is 9.82. The molecule has 37 heavy (non-hydrogen) atoms. The number of aliphatic carboxylic acids is 1. The van der Waals surface area contributed by atoms with E-state index < -0.39 is 23.9 Å². The molecule has 0 spiro atoms. The Balaban J connectivity index is 1.49. The second kappa shape index (κ2) is 10.2.